The summed E-state index contributed by atoms with van der Waals surface area (Å²) in [6.45, 7) is 8.52. The van der Waals surface area contributed by atoms with Gasteiger partial charge in [0.25, 0.3) is 0 Å². The average Bonchev–Trinajstić information content (AvgIpc) is 2.58. The minimum absolute atomic E-state index is 0.0746. The minimum atomic E-state index is -0.624. The van der Waals surface area contributed by atoms with Gasteiger partial charge in [0.2, 0.25) is 0 Å². The smallest absolute Gasteiger partial charge is 0.313 e. The summed E-state index contributed by atoms with van der Waals surface area (Å²) in [5.41, 5.74) is 5.03. The van der Waals surface area contributed by atoms with Crippen molar-refractivity contribution in [3.8, 4) is 0 Å². The summed E-state index contributed by atoms with van der Waals surface area (Å²) in [6, 6.07) is 0. The summed E-state index contributed by atoms with van der Waals surface area (Å²) in [5, 5.41) is 0. The van der Waals surface area contributed by atoms with Gasteiger partial charge in [-0.1, -0.05) is 0 Å². The molecule has 0 aliphatic carbocycles. The van der Waals surface area contributed by atoms with Gasteiger partial charge in [-0.05, 0) is 47.0 Å². The Kier molecular flexibility index (Phi) is 4.55. The number of rotatable bonds is 5. The molecule has 0 saturated carbocycles. The molecule has 4 nitrogen and oxygen atoms in total. The van der Waals surface area contributed by atoms with Crippen LogP contribution in [0.2, 0.25) is 0 Å². The highest BCUT2D eigenvalue weighted by Gasteiger charge is 2.40. The van der Waals surface area contributed by atoms with Crippen LogP contribution >= 0.6 is 0 Å². The zero-order chi connectivity index (χ0) is 13.1. The first-order valence-corrected chi connectivity index (χ1v) is 6.38. The Morgan fingerprint density at radius 3 is 2.65 bits per heavy atom. The van der Waals surface area contributed by atoms with Crippen molar-refractivity contribution in [2.45, 2.75) is 58.7 Å². The maximum atomic E-state index is 11.9. The van der Waals surface area contributed by atoms with Crippen LogP contribution in [-0.4, -0.2) is 30.8 Å². The highest BCUT2D eigenvalue weighted by Crippen LogP contribution is 2.36. The Bertz CT molecular complexity index is 278. The molecule has 2 N–H and O–H groups in total. The molecule has 1 aliphatic heterocycles. The Balaban J connectivity index is 2.60. The highest BCUT2D eigenvalue weighted by molar-refractivity contribution is 5.76. The van der Waals surface area contributed by atoms with Crippen LogP contribution in [0, 0.1) is 5.41 Å². The van der Waals surface area contributed by atoms with Crippen LogP contribution in [-0.2, 0) is 14.3 Å². The largest absolute Gasteiger partial charge is 0.466 e. The van der Waals surface area contributed by atoms with Gasteiger partial charge >= 0.3 is 5.97 Å². The SMILES string of the molecule is CCOC(=O)C(C)(CN)CC1CCC(C)(C)O1. The van der Waals surface area contributed by atoms with Gasteiger partial charge in [-0.2, -0.15) is 0 Å². The molecule has 1 heterocycles. The monoisotopic (exact) mass is 243 g/mol. The maximum Gasteiger partial charge on any atom is 0.313 e. The second kappa shape index (κ2) is 5.36. The van der Waals surface area contributed by atoms with Crippen molar-refractivity contribution >= 4 is 5.97 Å². The number of nitrogens with two attached hydrogens (primary N) is 1. The minimum Gasteiger partial charge on any atom is -0.466 e. The Morgan fingerprint density at radius 2 is 2.24 bits per heavy atom. The Labute approximate surface area is 104 Å². The third-order valence-corrected chi connectivity index (χ3v) is 3.45. The van der Waals surface area contributed by atoms with Gasteiger partial charge in [-0.3, -0.25) is 4.79 Å². The van der Waals surface area contributed by atoms with Crippen molar-refractivity contribution in [2.24, 2.45) is 11.1 Å². The lowest BCUT2D eigenvalue weighted by atomic mass is 9.83. The first-order valence-electron chi connectivity index (χ1n) is 6.38. The molecule has 0 amide bonds. The van der Waals surface area contributed by atoms with E-state index < -0.39 is 5.41 Å². The molecule has 0 aromatic carbocycles. The maximum absolute atomic E-state index is 11.9. The molecule has 4 heteroatoms. The van der Waals surface area contributed by atoms with Crippen LogP contribution < -0.4 is 5.73 Å². The lowest BCUT2D eigenvalue weighted by Crippen LogP contribution is -2.40. The molecule has 0 radical (unpaired) electrons. The second-order valence-corrected chi connectivity index (χ2v) is 5.73. The van der Waals surface area contributed by atoms with E-state index in [1.165, 1.54) is 0 Å². The number of hydrogen-bond donors (Lipinski definition) is 1. The molecule has 1 fully saturated rings. The standard InChI is InChI=1S/C13H25NO3/c1-5-16-11(15)13(4,9-14)8-10-6-7-12(2,3)17-10/h10H,5-9,14H2,1-4H3. The van der Waals surface area contributed by atoms with Crippen molar-refractivity contribution in [3.05, 3.63) is 0 Å². The molecule has 0 aromatic rings. The van der Waals surface area contributed by atoms with E-state index >= 15 is 0 Å². The highest BCUT2D eigenvalue weighted by atomic mass is 16.5. The summed E-state index contributed by atoms with van der Waals surface area (Å²) < 4.78 is 11.0. The molecule has 2 unspecified atom stereocenters. The quantitative estimate of drug-likeness (QED) is 0.749. The molecule has 17 heavy (non-hydrogen) atoms. The molecule has 0 aromatic heterocycles. The Hall–Kier alpha value is -0.610. The number of carbonyl (C=O) groups excluding carboxylic acids is 1. The first-order chi connectivity index (χ1) is 7.83. The van der Waals surface area contributed by atoms with Crippen molar-refractivity contribution in [3.63, 3.8) is 0 Å². The first kappa shape index (κ1) is 14.5. The third-order valence-electron chi connectivity index (χ3n) is 3.45. The molecular weight excluding hydrogens is 218 g/mol. The summed E-state index contributed by atoms with van der Waals surface area (Å²) in [4.78, 5) is 11.9. The fraction of sp³-hybridized carbons (Fsp3) is 0.923. The summed E-state index contributed by atoms with van der Waals surface area (Å²) in [7, 11) is 0. The van der Waals surface area contributed by atoms with Gasteiger partial charge in [0.05, 0.1) is 23.7 Å². The van der Waals surface area contributed by atoms with Gasteiger partial charge in [0.1, 0.15) is 0 Å². The van der Waals surface area contributed by atoms with Crippen LogP contribution in [0.3, 0.4) is 0 Å². The molecule has 0 spiro atoms. The number of ether oxygens (including phenoxy) is 2. The summed E-state index contributed by atoms with van der Waals surface area (Å²) in [5.74, 6) is -0.212. The fourth-order valence-electron chi connectivity index (χ4n) is 2.28. The van der Waals surface area contributed by atoms with E-state index in [0.717, 1.165) is 12.8 Å². The van der Waals surface area contributed by atoms with E-state index in [9.17, 15) is 4.79 Å². The van der Waals surface area contributed by atoms with Crippen molar-refractivity contribution in [1.29, 1.82) is 0 Å². The normalized spacial score (nSPS) is 26.5. The van der Waals surface area contributed by atoms with Crippen LogP contribution in [0.1, 0.15) is 47.0 Å². The van der Waals surface area contributed by atoms with Gasteiger partial charge in [0.15, 0.2) is 0 Å². The fourth-order valence-corrected chi connectivity index (χ4v) is 2.28. The number of hydrogen-bond acceptors (Lipinski definition) is 4. The molecular formula is C13H25NO3. The van der Waals surface area contributed by atoms with Crippen LogP contribution in [0.15, 0.2) is 0 Å². The molecule has 2 atom stereocenters. The van der Waals surface area contributed by atoms with E-state index in [4.69, 9.17) is 15.2 Å². The predicted octanol–water partition coefficient (Wildman–Crippen LogP) is 1.86. The second-order valence-electron chi connectivity index (χ2n) is 5.73. The number of carbonyl (C=O) groups is 1. The topological polar surface area (TPSA) is 61.5 Å². The molecule has 1 aliphatic rings. The third kappa shape index (κ3) is 3.68. The molecule has 100 valence electrons. The van der Waals surface area contributed by atoms with Gasteiger partial charge in [0, 0.05) is 6.54 Å². The lowest BCUT2D eigenvalue weighted by Gasteiger charge is -2.29. The molecule has 1 rings (SSSR count). The van der Waals surface area contributed by atoms with Gasteiger partial charge in [-0.25, -0.2) is 0 Å². The van der Waals surface area contributed by atoms with Crippen molar-refractivity contribution in [1.82, 2.24) is 0 Å². The van der Waals surface area contributed by atoms with E-state index in [1.807, 2.05) is 13.8 Å². The zero-order valence-electron chi connectivity index (χ0n) is 11.4. The summed E-state index contributed by atoms with van der Waals surface area (Å²) in [6.07, 6.45) is 2.78. The van der Waals surface area contributed by atoms with Crippen LogP contribution in [0.5, 0.6) is 0 Å². The van der Waals surface area contributed by atoms with E-state index in [0.29, 0.717) is 19.6 Å². The van der Waals surface area contributed by atoms with Crippen molar-refractivity contribution < 1.29 is 14.3 Å². The summed E-state index contributed by atoms with van der Waals surface area (Å²) >= 11 is 0. The van der Waals surface area contributed by atoms with Crippen molar-refractivity contribution in [2.75, 3.05) is 13.2 Å². The molecule has 1 saturated heterocycles. The number of esters is 1. The Morgan fingerprint density at radius 1 is 1.59 bits per heavy atom. The van der Waals surface area contributed by atoms with Gasteiger partial charge < -0.3 is 15.2 Å². The van der Waals surface area contributed by atoms with E-state index in [1.54, 1.807) is 0 Å². The predicted molar refractivity (Wildman–Crippen MR) is 66.6 cm³/mol. The van der Waals surface area contributed by atoms with E-state index in [2.05, 4.69) is 13.8 Å². The van der Waals surface area contributed by atoms with Gasteiger partial charge in [-0.15, -0.1) is 0 Å². The van der Waals surface area contributed by atoms with Crippen LogP contribution in [0.4, 0.5) is 0 Å². The zero-order valence-corrected chi connectivity index (χ0v) is 11.4. The average molecular weight is 243 g/mol. The molecule has 0 bridgehead atoms. The van der Waals surface area contributed by atoms with Crippen LogP contribution in [0.25, 0.3) is 0 Å². The lowest BCUT2D eigenvalue weighted by molar-refractivity contribution is -0.156. The van der Waals surface area contributed by atoms with E-state index in [-0.39, 0.29) is 17.7 Å².